The van der Waals surface area contributed by atoms with Crippen LogP contribution in [0.5, 0.6) is 0 Å². The molecule has 3 aliphatic rings. The van der Waals surface area contributed by atoms with Gasteiger partial charge in [0.05, 0.1) is 17.9 Å². The number of hydrogen-bond donors (Lipinski definition) is 2. The standard InChI is InChI=1S/C30H39N5O2/c1-29(2)12-8-23(9-13-29)25-19-24(30(10-3-4-11-30)34-14-5-16-37-17-15-34)6-7-27(25)35(32)28(36)26-18-22(20-31)21-33-26/h6-8,18-19,21,33H,3-5,9-17,32H2,1-2H3. The molecule has 2 fully saturated rings. The number of aromatic amines is 1. The maximum atomic E-state index is 13.3. The van der Waals surface area contributed by atoms with Gasteiger partial charge in [0.2, 0.25) is 0 Å². The highest BCUT2D eigenvalue weighted by molar-refractivity contribution is 6.05. The van der Waals surface area contributed by atoms with Crippen LogP contribution in [-0.2, 0) is 10.3 Å². The first-order valence-electron chi connectivity index (χ1n) is 13.7. The number of ether oxygens (including phenoxy) is 1. The second-order valence-corrected chi connectivity index (χ2v) is 11.6. The Bertz CT molecular complexity index is 1210. The lowest BCUT2D eigenvalue weighted by atomic mass is 9.76. The molecule has 37 heavy (non-hydrogen) atoms. The number of H-pyrrole nitrogens is 1. The van der Waals surface area contributed by atoms with Crippen molar-refractivity contribution in [2.24, 2.45) is 11.3 Å². The zero-order valence-electron chi connectivity index (χ0n) is 22.2. The maximum Gasteiger partial charge on any atom is 0.288 e. The molecule has 1 aliphatic heterocycles. The van der Waals surface area contributed by atoms with Gasteiger partial charge in [0.15, 0.2) is 0 Å². The van der Waals surface area contributed by atoms with Crippen molar-refractivity contribution in [3.8, 4) is 6.07 Å². The third kappa shape index (κ3) is 5.11. The van der Waals surface area contributed by atoms with E-state index in [4.69, 9.17) is 10.6 Å². The van der Waals surface area contributed by atoms with E-state index in [1.54, 1.807) is 6.07 Å². The number of nitrogens with zero attached hydrogens (tertiary/aromatic N) is 3. The third-order valence-electron chi connectivity index (χ3n) is 8.63. The number of benzene rings is 1. The van der Waals surface area contributed by atoms with Crippen LogP contribution in [0.4, 0.5) is 5.69 Å². The molecule has 196 valence electrons. The minimum absolute atomic E-state index is 0.0000671. The fraction of sp³-hybridized carbons (Fsp3) is 0.533. The summed E-state index contributed by atoms with van der Waals surface area (Å²) in [5, 5.41) is 10.4. The molecule has 0 bridgehead atoms. The summed E-state index contributed by atoms with van der Waals surface area (Å²) < 4.78 is 5.80. The molecule has 0 spiro atoms. The molecule has 7 heteroatoms. The molecule has 1 aromatic carbocycles. The fourth-order valence-electron chi connectivity index (χ4n) is 6.36. The molecule has 1 saturated carbocycles. The zero-order valence-corrected chi connectivity index (χ0v) is 22.2. The number of hydrazine groups is 1. The summed E-state index contributed by atoms with van der Waals surface area (Å²) in [7, 11) is 0. The lowest BCUT2D eigenvalue weighted by Gasteiger charge is -2.42. The van der Waals surface area contributed by atoms with E-state index >= 15 is 0 Å². The van der Waals surface area contributed by atoms with Crippen LogP contribution < -0.4 is 10.9 Å². The van der Waals surface area contributed by atoms with Gasteiger partial charge in [-0.15, -0.1) is 0 Å². The van der Waals surface area contributed by atoms with Crippen molar-refractivity contribution in [2.45, 2.75) is 70.8 Å². The van der Waals surface area contributed by atoms with Gasteiger partial charge in [0.25, 0.3) is 5.91 Å². The highest BCUT2D eigenvalue weighted by atomic mass is 16.5. The number of nitriles is 1. The topological polar surface area (TPSA) is 98.4 Å². The Morgan fingerprint density at radius 1 is 1.14 bits per heavy atom. The fourth-order valence-corrected chi connectivity index (χ4v) is 6.36. The molecule has 0 unspecified atom stereocenters. The lowest BCUT2D eigenvalue weighted by molar-refractivity contribution is 0.0789. The third-order valence-corrected chi connectivity index (χ3v) is 8.63. The van der Waals surface area contributed by atoms with Crippen LogP contribution in [0.15, 0.2) is 36.5 Å². The Hall–Kier alpha value is -2.92. The van der Waals surface area contributed by atoms with Gasteiger partial charge >= 0.3 is 0 Å². The predicted octanol–water partition coefficient (Wildman–Crippen LogP) is 5.49. The number of anilines is 1. The molecule has 2 aliphatic carbocycles. The average Bonchev–Trinajstić information content (AvgIpc) is 3.52. The normalized spacial score (nSPS) is 21.6. The molecule has 1 amide bonds. The molecule has 0 radical (unpaired) electrons. The number of carbonyl (C=O) groups excluding carboxylic acids is 1. The second kappa shape index (κ2) is 10.4. The van der Waals surface area contributed by atoms with Gasteiger partial charge in [-0.1, -0.05) is 38.8 Å². The van der Waals surface area contributed by atoms with E-state index in [0.717, 1.165) is 70.4 Å². The number of hydrogen-bond acceptors (Lipinski definition) is 5. The van der Waals surface area contributed by atoms with E-state index in [2.05, 4.69) is 48.0 Å². The number of amides is 1. The van der Waals surface area contributed by atoms with E-state index in [1.807, 2.05) is 6.07 Å². The van der Waals surface area contributed by atoms with Crippen LogP contribution in [0.2, 0.25) is 0 Å². The van der Waals surface area contributed by atoms with E-state index in [1.165, 1.54) is 35.2 Å². The summed E-state index contributed by atoms with van der Waals surface area (Å²) >= 11 is 0. The number of aromatic nitrogens is 1. The molecular formula is C30H39N5O2. The van der Waals surface area contributed by atoms with Crippen molar-refractivity contribution >= 4 is 17.2 Å². The summed E-state index contributed by atoms with van der Waals surface area (Å²) in [6.07, 6.45) is 12.7. The quantitative estimate of drug-likeness (QED) is 0.321. The van der Waals surface area contributed by atoms with E-state index in [-0.39, 0.29) is 16.9 Å². The van der Waals surface area contributed by atoms with Crippen LogP contribution in [0.3, 0.4) is 0 Å². The molecule has 0 atom stereocenters. The highest BCUT2D eigenvalue weighted by Gasteiger charge is 2.42. The molecule has 7 nitrogen and oxygen atoms in total. The molecule has 2 heterocycles. The molecule has 1 aromatic heterocycles. The summed E-state index contributed by atoms with van der Waals surface area (Å²) in [4.78, 5) is 18.9. The van der Waals surface area contributed by atoms with E-state index in [9.17, 15) is 10.1 Å². The van der Waals surface area contributed by atoms with Gasteiger partial charge in [-0.2, -0.15) is 5.26 Å². The molecule has 2 aromatic rings. The second-order valence-electron chi connectivity index (χ2n) is 11.6. The number of allylic oxidation sites excluding steroid dienone is 2. The first kappa shape index (κ1) is 25.7. The largest absolute Gasteiger partial charge is 0.380 e. The smallest absolute Gasteiger partial charge is 0.288 e. The van der Waals surface area contributed by atoms with Crippen LogP contribution >= 0.6 is 0 Å². The Morgan fingerprint density at radius 3 is 2.65 bits per heavy atom. The van der Waals surface area contributed by atoms with Gasteiger partial charge in [-0.05, 0) is 73.3 Å². The van der Waals surface area contributed by atoms with Gasteiger partial charge in [-0.3, -0.25) is 9.69 Å². The summed E-state index contributed by atoms with van der Waals surface area (Å²) in [5.74, 6) is 6.15. The predicted molar refractivity (Wildman–Crippen MR) is 146 cm³/mol. The van der Waals surface area contributed by atoms with Crippen molar-refractivity contribution in [2.75, 3.05) is 31.3 Å². The van der Waals surface area contributed by atoms with Crippen molar-refractivity contribution < 1.29 is 9.53 Å². The number of carbonyl (C=O) groups is 1. The molecule has 1 saturated heterocycles. The lowest BCUT2D eigenvalue weighted by Crippen LogP contribution is -2.45. The van der Waals surface area contributed by atoms with Crippen LogP contribution in [0, 0.1) is 16.7 Å². The highest BCUT2D eigenvalue weighted by Crippen LogP contribution is 2.47. The van der Waals surface area contributed by atoms with Crippen molar-refractivity contribution in [1.82, 2.24) is 9.88 Å². The summed E-state index contributed by atoms with van der Waals surface area (Å²) in [6.45, 7) is 8.22. The minimum Gasteiger partial charge on any atom is -0.380 e. The van der Waals surface area contributed by atoms with Gasteiger partial charge in [-0.25, -0.2) is 10.9 Å². The van der Waals surface area contributed by atoms with Crippen LogP contribution in [-0.4, -0.2) is 42.1 Å². The number of nitrogens with two attached hydrogens (primary N) is 1. The Balaban J connectivity index is 1.57. The monoisotopic (exact) mass is 501 g/mol. The van der Waals surface area contributed by atoms with Gasteiger partial charge < -0.3 is 9.72 Å². The van der Waals surface area contributed by atoms with Crippen molar-refractivity contribution in [3.63, 3.8) is 0 Å². The number of nitrogens with one attached hydrogen (secondary N) is 1. The van der Waals surface area contributed by atoms with Gasteiger partial charge in [0.1, 0.15) is 11.8 Å². The van der Waals surface area contributed by atoms with Gasteiger partial charge in [0, 0.05) is 37.0 Å². The van der Waals surface area contributed by atoms with Crippen molar-refractivity contribution in [3.05, 3.63) is 58.9 Å². The SMILES string of the molecule is CC1(C)CC=C(c2cc(C3(N4CCCOCC4)CCCC3)ccc2N(N)C(=O)c2cc(C#N)c[nH]2)CC1. The van der Waals surface area contributed by atoms with Crippen molar-refractivity contribution in [1.29, 1.82) is 5.26 Å². The van der Waals surface area contributed by atoms with E-state index < -0.39 is 0 Å². The Labute approximate surface area is 220 Å². The average molecular weight is 502 g/mol. The molecule has 3 N–H and O–H groups in total. The first-order chi connectivity index (χ1) is 17.8. The Kier molecular flexibility index (Phi) is 7.26. The molecular weight excluding hydrogens is 462 g/mol. The zero-order chi connectivity index (χ0) is 26.0. The molecule has 5 rings (SSSR count). The number of rotatable bonds is 5. The summed E-state index contributed by atoms with van der Waals surface area (Å²) in [6, 6.07) is 10.2. The maximum absolute atomic E-state index is 13.3. The first-order valence-corrected chi connectivity index (χ1v) is 13.7. The van der Waals surface area contributed by atoms with Crippen LogP contribution in [0.25, 0.3) is 5.57 Å². The summed E-state index contributed by atoms with van der Waals surface area (Å²) in [5.41, 5.74) is 5.34. The van der Waals surface area contributed by atoms with E-state index in [0.29, 0.717) is 16.9 Å². The minimum atomic E-state index is -0.354. The Morgan fingerprint density at radius 2 is 1.95 bits per heavy atom. The van der Waals surface area contributed by atoms with Crippen LogP contribution in [0.1, 0.15) is 92.4 Å².